The van der Waals surface area contributed by atoms with Gasteiger partial charge in [-0.25, -0.2) is 4.68 Å². The fourth-order valence-corrected chi connectivity index (χ4v) is 1.91. The average molecular weight is 231 g/mol. The third-order valence-electron chi connectivity index (χ3n) is 2.83. The van der Waals surface area contributed by atoms with E-state index in [0.717, 1.165) is 11.4 Å². The van der Waals surface area contributed by atoms with Gasteiger partial charge in [-0.3, -0.25) is 0 Å². The van der Waals surface area contributed by atoms with Gasteiger partial charge in [-0.15, -0.1) is 5.10 Å². The van der Waals surface area contributed by atoms with Crippen molar-refractivity contribution >= 4 is 11.5 Å². The quantitative estimate of drug-likeness (QED) is 0.818. The first-order valence-electron chi connectivity index (χ1n) is 5.44. The topological polar surface area (TPSA) is 50.5 Å². The summed E-state index contributed by atoms with van der Waals surface area (Å²) in [5, 5.41) is 13.8. The summed E-state index contributed by atoms with van der Waals surface area (Å²) in [4.78, 5) is 1.95. The third-order valence-corrected chi connectivity index (χ3v) is 2.83. The molecule has 1 aliphatic heterocycles. The van der Waals surface area contributed by atoms with E-state index in [4.69, 9.17) is 4.74 Å². The van der Waals surface area contributed by atoms with Crippen molar-refractivity contribution in [2.45, 2.75) is 13.2 Å². The molecule has 2 heterocycles. The number of benzene rings is 1. The largest absolute Gasteiger partial charge is 0.450 e. The van der Waals surface area contributed by atoms with E-state index < -0.39 is 6.23 Å². The van der Waals surface area contributed by atoms with Gasteiger partial charge in [-0.1, -0.05) is 12.1 Å². The number of rotatable bonds is 1. The minimum absolute atomic E-state index is 0.659. The fourth-order valence-electron chi connectivity index (χ4n) is 1.91. The van der Waals surface area contributed by atoms with Crippen molar-refractivity contribution in [3.8, 4) is 11.5 Å². The molecule has 0 fully saturated rings. The van der Waals surface area contributed by atoms with Crippen molar-refractivity contribution in [1.29, 1.82) is 0 Å². The summed E-state index contributed by atoms with van der Waals surface area (Å²) < 4.78 is 7.22. The van der Waals surface area contributed by atoms with Crippen LogP contribution in [0.25, 0.3) is 0 Å². The smallest absolute Gasteiger partial charge is 0.198 e. The molecule has 1 atom stereocenters. The van der Waals surface area contributed by atoms with Gasteiger partial charge in [0.05, 0.1) is 11.9 Å². The minimum Gasteiger partial charge on any atom is -0.450 e. The molecule has 0 radical (unpaired) electrons. The first kappa shape index (κ1) is 10.2. The molecule has 1 aliphatic rings. The lowest BCUT2D eigenvalue weighted by Gasteiger charge is -2.25. The van der Waals surface area contributed by atoms with Crippen LogP contribution in [0.15, 0.2) is 30.5 Å². The van der Waals surface area contributed by atoms with Gasteiger partial charge in [0, 0.05) is 7.05 Å². The van der Waals surface area contributed by atoms with Crippen LogP contribution in [0.1, 0.15) is 13.2 Å². The van der Waals surface area contributed by atoms with Crippen LogP contribution in [0.2, 0.25) is 0 Å². The molecule has 1 aromatic carbocycles. The molecule has 0 aliphatic carbocycles. The number of hydrogen-bond donors (Lipinski definition) is 1. The molecule has 5 nitrogen and oxygen atoms in total. The molecular weight excluding hydrogens is 218 g/mol. The Labute approximate surface area is 98.9 Å². The molecule has 1 N–H and O–H groups in total. The van der Waals surface area contributed by atoms with E-state index in [1.165, 1.54) is 4.68 Å². The summed E-state index contributed by atoms with van der Waals surface area (Å²) in [7, 11) is 1.93. The van der Waals surface area contributed by atoms with E-state index in [-0.39, 0.29) is 0 Å². The molecule has 0 amide bonds. The maximum Gasteiger partial charge on any atom is 0.198 e. The fraction of sp³-hybridized carbons (Fsp3) is 0.250. The maximum absolute atomic E-state index is 9.50. The van der Waals surface area contributed by atoms with Crippen LogP contribution in [-0.2, 0) is 0 Å². The third kappa shape index (κ3) is 1.47. The zero-order valence-electron chi connectivity index (χ0n) is 9.66. The van der Waals surface area contributed by atoms with Crippen LogP contribution < -0.4 is 9.64 Å². The molecule has 2 aromatic rings. The normalized spacial score (nSPS) is 14.9. The van der Waals surface area contributed by atoms with Gasteiger partial charge in [0.15, 0.2) is 17.3 Å². The summed E-state index contributed by atoms with van der Waals surface area (Å²) in [5.74, 6) is 2.17. The maximum atomic E-state index is 9.50. The molecule has 1 aromatic heterocycles. The molecule has 88 valence electrons. The lowest BCUT2D eigenvalue weighted by molar-refractivity contribution is 0.111. The molecular formula is C12H13N3O2. The molecule has 3 rings (SSSR count). The molecule has 17 heavy (non-hydrogen) atoms. The number of aliphatic hydroxyl groups is 1. The van der Waals surface area contributed by atoms with Gasteiger partial charge in [-0.2, -0.15) is 0 Å². The van der Waals surface area contributed by atoms with Crippen molar-refractivity contribution in [3.05, 3.63) is 30.5 Å². The Balaban J connectivity index is 2.10. The van der Waals surface area contributed by atoms with Crippen molar-refractivity contribution in [1.82, 2.24) is 9.78 Å². The molecule has 0 saturated heterocycles. The van der Waals surface area contributed by atoms with E-state index >= 15 is 0 Å². The standard InChI is InChI=1S/C12H13N3O2/c1-8(16)15-7-11-12(13-15)14(2)9-5-3-4-6-10(9)17-11/h3-8,16H,1-2H3. The van der Waals surface area contributed by atoms with Gasteiger partial charge < -0.3 is 14.7 Å². The second-order valence-electron chi connectivity index (χ2n) is 4.06. The summed E-state index contributed by atoms with van der Waals surface area (Å²) >= 11 is 0. The number of para-hydroxylation sites is 2. The number of aliphatic hydroxyl groups excluding tert-OH is 1. The summed E-state index contributed by atoms with van der Waals surface area (Å²) in [6, 6.07) is 7.76. The lowest BCUT2D eigenvalue weighted by Crippen LogP contribution is -2.15. The molecule has 0 bridgehead atoms. The first-order valence-corrected chi connectivity index (χ1v) is 5.44. The highest BCUT2D eigenvalue weighted by Crippen LogP contribution is 2.44. The number of ether oxygens (including phenoxy) is 1. The molecule has 5 heteroatoms. The van der Waals surface area contributed by atoms with Crippen LogP contribution in [-0.4, -0.2) is 21.9 Å². The molecule has 1 unspecified atom stereocenters. The average Bonchev–Trinajstić information content (AvgIpc) is 2.74. The van der Waals surface area contributed by atoms with E-state index in [1.54, 1.807) is 13.1 Å². The SMILES string of the molecule is CC(O)n1cc2c(n1)N(C)c1ccccc1O2. The number of hydrogen-bond acceptors (Lipinski definition) is 4. The van der Waals surface area contributed by atoms with Crippen molar-refractivity contribution in [2.75, 3.05) is 11.9 Å². The number of nitrogens with zero attached hydrogens (tertiary/aromatic N) is 3. The van der Waals surface area contributed by atoms with E-state index in [2.05, 4.69) is 5.10 Å². The van der Waals surface area contributed by atoms with Gasteiger partial charge in [-0.05, 0) is 19.1 Å². The minimum atomic E-state index is -0.666. The zero-order valence-corrected chi connectivity index (χ0v) is 9.66. The highest BCUT2D eigenvalue weighted by atomic mass is 16.5. The highest BCUT2D eigenvalue weighted by molar-refractivity contribution is 5.74. The zero-order chi connectivity index (χ0) is 12.0. The Hall–Kier alpha value is -2.01. The summed E-state index contributed by atoms with van der Waals surface area (Å²) in [6.45, 7) is 1.66. The predicted octanol–water partition coefficient (Wildman–Crippen LogP) is 2.27. The number of aromatic nitrogens is 2. The highest BCUT2D eigenvalue weighted by Gasteiger charge is 2.25. The first-order chi connectivity index (χ1) is 8.16. The molecule has 0 spiro atoms. The van der Waals surface area contributed by atoms with Crippen LogP contribution in [0.4, 0.5) is 11.5 Å². The van der Waals surface area contributed by atoms with Crippen molar-refractivity contribution < 1.29 is 9.84 Å². The monoisotopic (exact) mass is 231 g/mol. The van der Waals surface area contributed by atoms with Crippen LogP contribution in [0.5, 0.6) is 11.5 Å². The Morgan fingerprint density at radius 2 is 2.06 bits per heavy atom. The second-order valence-corrected chi connectivity index (χ2v) is 4.06. The number of fused-ring (bicyclic) bond motifs is 2. The van der Waals surface area contributed by atoms with E-state index in [9.17, 15) is 5.11 Å². The second kappa shape index (κ2) is 3.49. The van der Waals surface area contributed by atoms with E-state index in [0.29, 0.717) is 11.6 Å². The summed E-state index contributed by atoms with van der Waals surface area (Å²) in [6.07, 6.45) is 1.03. The van der Waals surface area contributed by atoms with Crippen molar-refractivity contribution in [2.24, 2.45) is 0 Å². The van der Waals surface area contributed by atoms with Gasteiger partial charge >= 0.3 is 0 Å². The molecule has 0 saturated carbocycles. The van der Waals surface area contributed by atoms with Crippen LogP contribution >= 0.6 is 0 Å². The van der Waals surface area contributed by atoms with E-state index in [1.807, 2.05) is 36.2 Å². The van der Waals surface area contributed by atoms with Crippen molar-refractivity contribution in [3.63, 3.8) is 0 Å². The van der Waals surface area contributed by atoms with Gasteiger partial charge in [0.2, 0.25) is 0 Å². The Bertz CT molecular complexity index is 563. The van der Waals surface area contributed by atoms with Crippen LogP contribution in [0.3, 0.4) is 0 Å². The Kier molecular flexibility index (Phi) is 2.09. The summed E-state index contributed by atoms with van der Waals surface area (Å²) in [5.41, 5.74) is 0.968. The van der Waals surface area contributed by atoms with Gasteiger partial charge in [0.1, 0.15) is 6.23 Å². The van der Waals surface area contributed by atoms with Crippen LogP contribution in [0, 0.1) is 0 Å². The predicted molar refractivity (Wildman–Crippen MR) is 63.7 cm³/mol. The number of anilines is 2. The Morgan fingerprint density at radius 1 is 1.29 bits per heavy atom. The Morgan fingerprint density at radius 3 is 2.82 bits per heavy atom. The van der Waals surface area contributed by atoms with Gasteiger partial charge in [0.25, 0.3) is 0 Å². The lowest BCUT2D eigenvalue weighted by atomic mass is 10.2.